The number of aliphatic imine (C=N–C) groups is 2. The quantitative estimate of drug-likeness (QED) is 0.498. The van der Waals surface area contributed by atoms with E-state index in [1.54, 1.807) is 18.6 Å². The summed E-state index contributed by atoms with van der Waals surface area (Å²) in [6.07, 6.45) is 17.8. The number of nitrogens with zero attached hydrogens (tertiary/aromatic N) is 3. The van der Waals surface area contributed by atoms with Gasteiger partial charge >= 0.3 is 17.9 Å². The molecule has 0 spiro atoms. The van der Waals surface area contributed by atoms with Gasteiger partial charge in [-0.2, -0.15) is 0 Å². The van der Waals surface area contributed by atoms with Gasteiger partial charge < -0.3 is 20.3 Å². The first-order valence-electron chi connectivity index (χ1n) is 8.83. The highest BCUT2D eigenvalue weighted by atomic mass is 16.4. The van der Waals surface area contributed by atoms with Crippen molar-refractivity contribution in [3.05, 3.63) is 60.0 Å². The summed E-state index contributed by atoms with van der Waals surface area (Å²) >= 11 is 0. The minimum absolute atomic E-state index is 0.184. The van der Waals surface area contributed by atoms with E-state index in [9.17, 15) is 14.4 Å². The fraction of sp³-hybridized carbons (Fsp3) is 0.200. The second-order valence-corrected chi connectivity index (χ2v) is 5.66. The van der Waals surface area contributed by atoms with Crippen molar-refractivity contribution in [3.63, 3.8) is 0 Å². The van der Waals surface area contributed by atoms with Gasteiger partial charge in [0.25, 0.3) is 0 Å². The Morgan fingerprint density at radius 2 is 1.63 bits per heavy atom. The van der Waals surface area contributed by atoms with Crippen molar-refractivity contribution in [3.8, 4) is 0 Å². The molecule has 0 unspecified atom stereocenters. The number of carboxylic acids is 3. The van der Waals surface area contributed by atoms with Gasteiger partial charge in [0.05, 0.1) is 30.3 Å². The van der Waals surface area contributed by atoms with Crippen LogP contribution >= 0.6 is 0 Å². The van der Waals surface area contributed by atoms with Crippen molar-refractivity contribution in [2.24, 2.45) is 9.98 Å². The number of aliphatic carboxylic acids is 3. The average molecular weight is 414 g/mol. The Bertz CT molecular complexity index is 892. The molecule has 0 radical (unpaired) electrons. The van der Waals surface area contributed by atoms with Crippen LogP contribution in [0.1, 0.15) is 31.4 Å². The van der Waals surface area contributed by atoms with Crippen LogP contribution in [0, 0.1) is 0 Å². The second kappa shape index (κ2) is 14.0. The Balaban J connectivity index is 0.000000225. The first-order valence-corrected chi connectivity index (χ1v) is 8.83. The van der Waals surface area contributed by atoms with Gasteiger partial charge in [0.2, 0.25) is 0 Å². The number of hydrogen-bond donors (Lipinski definition) is 4. The third kappa shape index (κ3) is 12.3. The molecule has 0 saturated carbocycles. The molecule has 0 saturated heterocycles. The maximum Gasteiger partial charge on any atom is 0.328 e. The van der Waals surface area contributed by atoms with E-state index in [0.29, 0.717) is 12.1 Å². The number of hydrogen-bond acceptors (Lipinski definition) is 6. The molecule has 0 atom stereocenters. The molecule has 10 nitrogen and oxygen atoms in total. The van der Waals surface area contributed by atoms with E-state index in [0.717, 1.165) is 36.4 Å². The van der Waals surface area contributed by atoms with Crippen molar-refractivity contribution >= 4 is 36.4 Å². The van der Waals surface area contributed by atoms with Crippen LogP contribution in [-0.4, -0.2) is 55.6 Å². The Morgan fingerprint density at radius 3 is 2.13 bits per heavy atom. The molecule has 0 bridgehead atoms. The monoisotopic (exact) mass is 414 g/mol. The molecule has 1 aromatic heterocycles. The smallest absolute Gasteiger partial charge is 0.328 e. The highest BCUT2D eigenvalue weighted by molar-refractivity contribution is 5.84. The van der Waals surface area contributed by atoms with E-state index in [-0.39, 0.29) is 6.42 Å². The molecule has 158 valence electrons. The van der Waals surface area contributed by atoms with Crippen LogP contribution in [0.5, 0.6) is 0 Å². The molecule has 4 N–H and O–H groups in total. The van der Waals surface area contributed by atoms with Gasteiger partial charge in [0, 0.05) is 43.1 Å². The van der Waals surface area contributed by atoms with Crippen LogP contribution in [0.15, 0.2) is 64.3 Å². The van der Waals surface area contributed by atoms with Crippen molar-refractivity contribution < 1.29 is 29.7 Å². The number of carboxylic acid groups (broad SMARTS) is 3. The molecule has 0 aromatic carbocycles. The zero-order valence-electron chi connectivity index (χ0n) is 16.0. The topological polar surface area (TPSA) is 165 Å². The molecule has 2 aliphatic heterocycles. The zero-order chi connectivity index (χ0) is 22.2. The summed E-state index contributed by atoms with van der Waals surface area (Å²) in [7, 11) is 0. The molecule has 0 fully saturated rings. The minimum Gasteiger partial charge on any atom is -0.481 e. The van der Waals surface area contributed by atoms with Crippen molar-refractivity contribution in [1.29, 1.82) is 0 Å². The highest BCUT2D eigenvalue weighted by Gasteiger charge is 2.02. The first-order chi connectivity index (χ1) is 14.4. The SMILES string of the molecule is O=C(O)/C=C/C1=CCC=N1.O=C(O)/C=C/c1cnc[nH]1.O=C(O)CCC1=CCC=N1. The fourth-order valence-corrected chi connectivity index (χ4v) is 1.98. The maximum absolute atomic E-state index is 10.1. The van der Waals surface area contributed by atoms with Gasteiger partial charge in [0.1, 0.15) is 0 Å². The Labute approximate surface area is 172 Å². The number of H-pyrrole nitrogens is 1. The summed E-state index contributed by atoms with van der Waals surface area (Å²) in [5.74, 6) is -2.67. The lowest BCUT2D eigenvalue weighted by atomic mass is 10.2. The van der Waals surface area contributed by atoms with Gasteiger partial charge in [-0.15, -0.1) is 0 Å². The van der Waals surface area contributed by atoms with Crippen molar-refractivity contribution in [2.75, 3.05) is 0 Å². The summed E-state index contributed by atoms with van der Waals surface area (Å²) in [6.45, 7) is 0. The number of carbonyl (C=O) groups is 3. The molecule has 10 heteroatoms. The third-order valence-electron chi connectivity index (χ3n) is 3.31. The summed E-state index contributed by atoms with van der Waals surface area (Å²) in [5.41, 5.74) is 2.31. The number of aromatic amines is 1. The van der Waals surface area contributed by atoms with Gasteiger partial charge in [-0.05, 0) is 18.6 Å². The predicted molar refractivity (Wildman–Crippen MR) is 111 cm³/mol. The molecular weight excluding hydrogens is 392 g/mol. The van der Waals surface area contributed by atoms with E-state index < -0.39 is 17.9 Å². The molecule has 0 aliphatic carbocycles. The minimum atomic E-state index is -0.963. The van der Waals surface area contributed by atoms with Crippen molar-refractivity contribution in [2.45, 2.75) is 25.7 Å². The molecular formula is C20H22N4O6. The lowest BCUT2D eigenvalue weighted by Gasteiger charge is -1.92. The lowest BCUT2D eigenvalue weighted by Crippen LogP contribution is -1.93. The number of imidazole rings is 1. The van der Waals surface area contributed by atoms with E-state index in [1.807, 2.05) is 12.2 Å². The number of allylic oxidation sites excluding steroid dienone is 4. The largest absolute Gasteiger partial charge is 0.481 e. The average Bonchev–Trinajstić information content (AvgIpc) is 3.48. The molecule has 2 aliphatic rings. The fourth-order valence-electron chi connectivity index (χ4n) is 1.98. The van der Waals surface area contributed by atoms with Gasteiger partial charge in [-0.1, -0.05) is 12.2 Å². The Kier molecular flexibility index (Phi) is 11.2. The zero-order valence-corrected chi connectivity index (χ0v) is 16.0. The number of aromatic nitrogens is 2. The number of rotatable bonds is 7. The van der Waals surface area contributed by atoms with Crippen LogP contribution in [0.4, 0.5) is 0 Å². The van der Waals surface area contributed by atoms with E-state index in [2.05, 4.69) is 20.0 Å². The third-order valence-corrected chi connectivity index (χ3v) is 3.31. The molecule has 3 heterocycles. The first kappa shape index (κ1) is 24.0. The summed E-state index contributed by atoms with van der Waals surface area (Å²) < 4.78 is 0. The van der Waals surface area contributed by atoms with Crippen molar-refractivity contribution in [1.82, 2.24) is 9.97 Å². The Hall–Kier alpha value is -4.08. The van der Waals surface area contributed by atoms with Gasteiger partial charge in [-0.25, -0.2) is 14.6 Å². The van der Waals surface area contributed by atoms with Crippen LogP contribution in [0.2, 0.25) is 0 Å². The summed E-state index contributed by atoms with van der Waals surface area (Å²) in [5, 5.41) is 24.7. The molecule has 1 aromatic rings. The maximum atomic E-state index is 10.1. The van der Waals surface area contributed by atoms with Crippen LogP contribution in [0.25, 0.3) is 6.08 Å². The second-order valence-electron chi connectivity index (χ2n) is 5.66. The van der Waals surface area contributed by atoms with Crippen LogP contribution < -0.4 is 0 Å². The highest BCUT2D eigenvalue weighted by Crippen LogP contribution is 2.11. The van der Waals surface area contributed by atoms with E-state index in [4.69, 9.17) is 15.3 Å². The van der Waals surface area contributed by atoms with Crippen LogP contribution in [0.3, 0.4) is 0 Å². The summed E-state index contributed by atoms with van der Waals surface area (Å²) in [6, 6.07) is 0. The van der Waals surface area contributed by atoms with E-state index in [1.165, 1.54) is 18.5 Å². The normalized spacial score (nSPS) is 14.0. The molecule has 3 rings (SSSR count). The van der Waals surface area contributed by atoms with Gasteiger partial charge in [-0.3, -0.25) is 14.8 Å². The predicted octanol–water partition coefficient (Wildman–Crippen LogP) is 2.70. The van der Waals surface area contributed by atoms with E-state index >= 15 is 0 Å². The number of nitrogens with one attached hydrogen (secondary N) is 1. The summed E-state index contributed by atoms with van der Waals surface area (Å²) in [4.78, 5) is 44.3. The lowest BCUT2D eigenvalue weighted by molar-refractivity contribution is -0.137. The standard InChI is InChI=1S/C7H9NO2.C7H7NO2.C6H6N2O2/c2*9-7(10)4-3-6-2-1-5-8-6;9-6(10)2-1-5-3-7-4-8-5/h2,5H,1,3-4H2,(H,9,10);2-5H,1H2,(H,9,10);1-4H,(H,7,8)(H,9,10)/b;4-3+;2-1+. The Morgan fingerprint density at radius 1 is 0.967 bits per heavy atom. The molecule has 0 amide bonds. The molecule has 30 heavy (non-hydrogen) atoms. The van der Waals surface area contributed by atoms with Crippen LogP contribution in [-0.2, 0) is 14.4 Å². The van der Waals surface area contributed by atoms with Gasteiger partial charge in [0.15, 0.2) is 0 Å².